The highest BCUT2D eigenvalue weighted by atomic mass is 35.5. The van der Waals surface area contributed by atoms with Gasteiger partial charge in [0.1, 0.15) is 11.0 Å². The average molecular weight is 314 g/mol. The summed E-state index contributed by atoms with van der Waals surface area (Å²) in [7, 11) is 1.78. The van der Waals surface area contributed by atoms with Crippen molar-refractivity contribution >= 4 is 33.4 Å². The van der Waals surface area contributed by atoms with Crippen molar-refractivity contribution in [1.29, 1.82) is 0 Å². The van der Waals surface area contributed by atoms with Crippen molar-refractivity contribution in [3.63, 3.8) is 0 Å². The van der Waals surface area contributed by atoms with Gasteiger partial charge in [0.2, 0.25) is 0 Å². The van der Waals surface area contributed by atoms with E-state index < -0.39 is 11.7 Å². The Bertz CT molecular complexity index is 772. The number of rotatable bonds is 1. The van der Waals surface area contributed by atoms with Crippen LogP contribution >= 0.6 is 11.6 Å². The zero-order valence-corrected chi connectivity index (χ0v) is 11.8. The Hall–Kier alpha value is -1.82. The minimum atomic E-state index is -4.37. The van der Waals surface area contributed by atoms with Gasteiger partial charge < -0.3 is 4.57 Å². The van der Waals surface area contributed by atoms with Crippen molar-refractivity contribution < 1.29 is 13.2 Å². The van der Waals surface area contributed by atoms with Gasteiger partial charge in [-0.25, -0.2) is 4.98 Å². The predicted molar refractivity (Wildman–Crippen MR) is 76.5 cm³/mol. The standard InChI is InChI=1S/C14H11ClF3N3/c1-21-11-3-2-9(14(16,17)18)7-10(11)20-13(21)8-4-5-19-12(15)6-8/h2-3,6-7H,4-5H2,1H3. The molecule has 0 radical (unpaired) electrons. The highest BCUT2D eigenvalue weighted by molar-refractivity contribution is 6.69. The second-order valence-corrected chi connectivity index (χ2v) is 5.21. The Labute approximate surface area is 123 Å². The molecule has 0 fully saturated rings. The van der Waals surface area contributed by atoms with E-state index in [9.17, 15) is 13.2 Å². The van der Waals surface area contributed by atoms with Crippen LogP contribution in [0.3, 0.4) is 0 Å². The van der Waals surface area contributed by atoms with E-state index in [2.05, 4.69) is 9.98 Å². The topological polar surface area (TPSA) is 30.2 Å². The summed E-state index contributed by atoms with van der Waals surface area (Å²) < 4.78 is 40.0. The maximum Gasteiger partial charge on any atom is 0.416 e. The smallest absolute Gasteiger partial charge is 0.327 e. The van der Waals surface area contributed by atoms with Gasteiger partial charge >= 0.3 is 6.18 Å². The Morgan fingerprint density at radius 3 is 2.71 bits per heavy atom. The number of aryl methyl sites for hydroxylation is 1. The molecule has 0 aliphatic carbocycles. The van der Waals surface area contributed by atoms with Crippen LogP contribution in [0.1, 0.15) is 17.8 Å². The van der Waals surface area contributed by atoms with Gasteiger partial charge in [0.05, 0.1) is 16.6 Å². The van der Waals surface area contributed by atoms with E-state index in [1.165, 1.54) is 6.07 Å². The van der Waals surface area contributed by atoms with E-state index in [0.717, 1.165) is 17.7 Å². The normalized spacial score (nSPS) is 16.0. The van der Waals surface area contributed by atoms with Gasteiger partial charge in [-0.05, 0) is 36.3 Å². The zero-order valence-electron chi connectivity index (χ0n) is 11.1. The third-order valence-electron chi connectivity index (χ3n) is 3.43. The number of aliphatic imine (C=N–C) groups is 1. The van der Waals surface area contributed by atoms with E-state index in [1.807, 2.05) is 0 Å². The van der Waals surface area contributed by atoms with Crippen molar-refractivity contribution in [3.05, 3.63) is 35.7 Å². The maximum absolute atomic E-state index is 12.7. The van der Waals surface area contributed by atoms with Crippen molar-refractivity contribution in [2.45, 2.75) is 12.6 Å². The van der Waals surface area contributed by atoms with E-state index in [4.69, 9.17) is 11.6 Å². The van der Waals surface area contributed by atoms with E-state index >= 15 is 0 Å². The number of hydrogen-bond donors (Lipinski definition) is 0. The molecule has 1 aromatic carbocycles. The molecule has 0 saturated carbocycles. The molecular formula is C14H11ClF3N3. The Morgan fingerprint density at radius 2 is 2.05 bits per heavy atom. The fourth-order valence-electron chi connectivity index (χ4n) is 2.38. The van der Waals surface area contributed by atoms with Crippen LogP contribution in [0.4, 0.5) is 13.2 Å². The van der Waals surface area contributed by atoms with Gasteiger partial charge in [-0.15, -0.1) is 0 Å². The number of dihydropyridines is 1. The molecule has 0 amide bonds. The van der Waals surface area contributed by atoms with Crippen LogP contribution in [-0.2, 0) is 13.2 Å². The van der Waals surface area contributed by atoms with E-state index in [0.29, 0.717) is 35.0 Å². The van der Waals surface area contributed by atoms with Crippen LogP contribution < -0.4 is 0 Å². The van der Waals surface area contributed by atoms with Gasteiger partial charge in [-0.2, -0.15) is 13.2 Å². The number of hydrogen-bond acceptors (Lipinski definition) is 2. The molecule has 2 aromatic rings. The van der Waals surface area contributed by atoms with Crippen molar-refractivity contribution in [3.8, 4) is 0 Å². The first-order chi connectivity index (χ1) is 9.86. The first kappa shape index (κ1) is 14.1. The number of halogens is 4. The molecule has 3 rings (SSSR count). The molecule has 3 nitrogen and oxygen atoms in total. The van der Waals surface area contributed by atoms with Crippen LogP contribution in [0.5, 0.6) is 0 Å². The zero-order chi connectivity index (χ0) is 15.2. The van der Waals surface area contributed by atoms with Crippen LogP contribution in [0.25, 0.3) is 16.6 Å². The third-order valence-corrected chi connectivity index (χ3v) is 3.66. The summed E-state index contributed by atoms with van der Waals surface area (Å²) in [6.45, 7) is 0.557. The lowest BCUT2D eigenvalue weighted by Crippen LogP contribution is -2.04. The van der Waals surface area contributed by atoms with Crippen molar-refractivity contribution in [1.82, 2.24) is 9.55 Å². The largest absolute Gasteiger partial charge is 0.416 e. The second kappa shape index (κ2) is 4.87. The molecule has 1 aromatic heterocycles. The average Bonchev–Trinajstić information content (AvgIpc) is 2.75. The van der Waals surface area contributed by atoms with Crippen LogP contribution in [-0.4, -0.2) is 21.3 Å². The molecule has 0 atom stereocenters. The lowest BCUT2D eigenvalue weighted by Gasteiger charge is -2.10. The molecule has 0 N–H and O–H groups in total. The molecule has 0 bridgehead atoms. The molecule has 0 unspecified atom stereocenters. The molecule has 110 valence electrons. The number of imidazole rings is 1. The van der Waals surface area contributed by atoms with Gasteiger partial charge in [0.15, 0.2) is 0 Å². The molecule has 2 heterocycles. The summed E-state index contributed by atoms with van der Waals surface area (Å²) in [5, 5.41) is 0.388. The SMILES string of the molecule is Cn1c(C2=CC(Cl)=NCC2)nc2cc(C(F)(F)F)ccc21. The fraction of sp³-hybridized carbons (Fsp3) is 0.286. The summed E-state index contributed by atoms with van der Waals surface area (Å²) in [5.41, 5.74) is 1.15. The minimum absolute atomic E-state index is 0.321. The van der Waals surface area contributed by atoms with E-state index in [-0.39, 0.29) is 0 Å². The summed E-state index contributed by atoms with van der Waals surface area (Å²) in [6.07, 6.45) is -2.00. The molecule has 0 spiro atoms. The minimum Gasteiger partial charge on any atom is -0.327 e. The molecule has 7 heteroatoms. The van der Waals surface area contributed by atoms with Crippen LogP contribution in [0, 0.1) is 0 Å². The summed E-state index contributed by atoms with van der Waals surface area (Å²) in [6, 6.07) is 3.57. The molecule has 1 aliphatic rings. The third kappa shape index (κ3) is 2.55. The quantitative estimate of drug-likeness (QED) is 0.782. The molecule has 0 saturated heterocycles. The summed E-state index contributed by atoms with van der Waals surface area (Å²) in [5.74, 6) is 0.623. The lowest BCUT2D eigenvalue weighted by atomic mass is 10.1. The Morgan fingerprint density at radius 1 is 1.29 bits per heavy atom. The summed E-state index contributed by atoms with van der Waals surface area (Å²) in [4.78, 5) is 8.38. The number of alkyl halides is 3. The first-order valence-corrected chi connectivity index (χ1v) is 6.68. The number of aromatic nitrogens is 2. The lowest BCUT2D eigenvalue weighted by molar-refractivity contribution is -0.137. The Kier molecular flexibility index (Phi) is 3.28. The Balaban J connectivity index is 2.14. The van der Waals surface area contributed by atoms with Crippen molar-refractivity contribution in [2.75, 3.05) is 6.54 Å². The van der Waals surface area contributed by atoms with Gasteiger partial charge in [-0.3, -0.25) is 4.99 Å². The molecular weight excluding hydrogens is 303 g/mol. The van der Waals surface area contributed by atoms with Crippen molar-refractivity contribution in [2.24, 2.45) is 12.0 Å². The highest BCUT2D eigenvalue weighted by Gasteiger charge is 2.31. The van der Waals surface area contributed by atoms with Crippen LogP contribution in [0.2, 0.25) is 0 Å². The van der Waals surface area contributed by atoms with Gasteiger partial charge in [-0.1, -0.05) is 11.6 Å². The fourth-order valence-corrected chi connectivity index (χ4v) is 2.60. The molecule has 21 heavy (non-hydrogen) atoms. The number of benzene rings is 1. The van der Waals surface area contributed by atoms with E-state index in [1.54, 1.807) is 17.7 Å². The number of fused-ring (bicyclic) bond motifs is 1. The van der Waals surface area contributed by atoms with Crippen LogP contribution in [0.15, 0.2) is 29.3 Å². The maximum atomic E-state index is 12.7. The first-order valence-electron chi connectivity index (χ1n) is 6.31. The highest BCUT2D eigenvalue weighted by Crippen LogP contribution is 2.32. The number of allylic oxidation sites excluding steroid dienone is 1. The second-order valence-electron chi connectivity index (χ2n) is 4.82. The van der Waals surface area contributed by atoms with Gasteiger partial charge in [0, 0.05) is 13.6 Å². The predicted octanol–water partition coefficient (Wildman–Crippen LogP) is 4.02. The van der Waals surface area contributed by atoms with Gasteiger partial charge in [0.25, 0.3) is 0 Å². The monoisotopic (exact) mass is 313 g/mol. The summed E-state index contributed by atoms with van der Waals surface area (Å²) >= 11 is 5.89. The molecule has 1 aliphatic heterocycles. The number of nitrogens with zero attached hydrogens (tertiary/aromatic N) is 3.